The second-order valence-corrected chi connectivity index (χ2v) is 5.43. The largest absolute Gasteiger partial charge is 0.459 e. The van der Waals surface area contributed by atoms with Crippen molar-refractivity contribution in [2.75, 3.05) is 5.32 Å². The third-order valence-electron chi connectivity index (χ3n) is 3.26. The number of rotatable bonds is 4. The van der Waals surface area contributed by atoms with Crippen molar-refractivity contribution in [3.8, 4) is 0 Å². The first-order chi connectivity index (χ1) is 10.5. The highest BCUT2D eigenvalue weighted by Crippen LogP contribution is 2.17. The lowest BCUT2D eigenvalue weighted by molar-refractivity contribution is -0.123. The van der Waals surface area contributed by atoms with Gasteiger partial charge in [-0.05, 0) is 44.5 Å². The number of carbonyl (C=O) groups excluding carboxylic acids is 3. The van der Waals surface area contributed by atoms with Gasteiger partial charge in [-0.1, -0.05) is 0 Å². The van der Waals surface area contributed by atoms with Crippen molar-refractivity contribution in [1.29, 1.82) is 0 Å². The Morgan fingerprint density at radius 3 is 2.27 bits per heavy atom. The zero-order valence-electron chi connectivity index (χ0n) is 12.7. The van der Waals surface area contributed by atoms with Gasteiger partial charge in [0.15, 0.2) is 11.6 Å². The van der Waals surface area contributed by atoms with Gasteiger partial charge in [0.05, 0.1) is 17.2 Å². The molecule has 0 radical (unpaired) electrons. The number of nitrogens with one attached hydrogen (secondary N) is 1. The molecule has 1 aromatic rings. The van der Waals surface area contributed by atoms with Gasteiger partial charge in [0.25, 0.3) is 0 Å². The highest BCUT2D eigenvalue weighted by atomic mass is 16.5. The molecule has 1 saturated carbocycles. The Bertz CT molecular complexity index is 596. The summed E-state index contributed by atoms with van der Waals surface area (Å²) in [5.74, 6) is -0.626. The highest BCUT2D eigenvalue weighted by molar-refractivity contribution is 6.21. The van der Waals surface area contributed by atoms with Gasteiger partial charge in [0.1, 0.15) is 0 Å². The van der Waals surface area contributed by atoms with Crippen molar-refractivity contribution in [1.82, 2.24) is 0 Å². The molecule has 0 heterocycles. The van der Waals surface area contributed by atoms with Crippen LogP contribution in [0.4, 0.5) is 5.69 Å². The topological polar surface area (TPSA) is 72.5 Å². The molecule has 116 valence electrons. The summed E-state index contributed by atoms with van der Waals surface area (Å²) >= 11 is 0. The van der Waals surface area contributed by atoms with Gasteiger partial charge in [-0.3, -0.25) is 9.59 Å². The van der Waals surface area contributed by atoms with E-state index in [2.05, 4.69) is 5.32 Å². The van der Waals surface area contributed by atoms with Crippen LogP contribution in [0.5, 0.6) is 0 Å². The molecular weight excluding hydrogens is 282 g/mol. The second-order valence-electron chi connectivity index (χ2n) is 5.43. The van der Waals surface area contributed by atoms with E-state index in [4.69, 9.17) is 4.74 Å². The predicted octanol–water partition coefficient (Wildman–Crippen LogP) is 2.87. The molecule has 0 atom stereocenters. The molecule has 5 nitrogen and oxygen atoms in total. The first-order valence-corrected chi connectivity index (χ1v) is 7.31. The minimum absolute atomic E-state index is 0.124. The van der Waals surface area contributed by atoms with Crippen molar-refractivity contribution in [2.45, 2.75) is 39.2 Å². The van der Waals surface area contributed by atoms with Crippen LogP contribution >= 0.6 is 0 Å². The molecule has 5 heteroatoms. The maximum Gasteiger partial charge on any atom is 0.338 e. The number of esters is 1. The fraction of sp³-hybridized carbons (Fsp3) is 0.353. The zero-order chi connectivity index (χ0) is 16.1. The van der Waals surface area contributed by atoms with E-state index in [1.165, 1.54) is 6.20 Å². The molecule has 0 amide bonds. The van der Waals surface area contributed by atoms with Gasteiger partial charge in [-0.25, -0.2) is 4.79 Å². The molecule has 0 aliphatic heterocycles. The number of anilines is 1. The molecule has 1 aromatic carbocycles. The summed E-state index contributed by atoms with van der Waals surface area (Å²) in [5.41, 5.74) is 1.37. The van der Waals surface area contributed by atoms with E-state index in [0.29, 0.717) is 30.5 Å². The van der Waals surface area contributed by atoms with E-state index in [9.17, 15) is 14.4 Å². The molecule has 1 aliphatic carbocycles. The van der Waals surface area contributed by atoms with Gasteiger partial charge in [-0.15, -0.1) is 0 Å². The van der Waals surface area contributed by atoms with Crippen LogP contribution in [0.1, 0.15) is 43.5 Å². The van der Waals surface area contributed by atoms with E-state index in [0.717, 1.165) is 0 Å². The number of hydrogen-bond acceptors (Lipinski definition) is 5. The Balaban J connectivity index is 2.03. The van der Waals surface area contributed by atoms with E-state index < -0.39 is 0 Å². The van der Waals surface area contributed by atoms with Crippen LogP contribution in [0.2, 0.25) is 0 Å². The lowest BCUT2D eigenvalue weighted by Gasteiger charge is -2.12. The molecule has 22 heavy (non-hydrogen) atoms. The summed E-state index contributed by atoms with van der Waals surface area (Å²) in [5, 5.41) is 2.93. The summed E-state index contributed by atoms with van der Waals surface area (Å²) in [6.45, 7) is 3.58. The van der Waals surface area contributed by atoms with Crippen LogP contribution in [0.3, 0.4) is 0 Å². The number of carbonyl (C=O) groups is 3. The first-order valence-electron chi connectivity index (χ1n) is 7.31. The summed E-state index contributed by atoms with van der Waals surface area (Å²) in [7, 11) is 0. The van der Waals surface area contributed by atoms with Crippen LogP contribution in [0.15, 0.2) is 36.0 Å². The third kappa shape index (κ3) is 4.04. The van der Waals surface area contributed by atoms with Crippen LogP contribution in [-0.4, -0.2) is 23.6 Å². The maximum atomic E-state index is 11.7. The number of benzene rings is 1. The molecule has 1 fully saturated rings. The van der Waals surface area contributed by atoms with Gasteiger partial charge in [0, 0.05) is 24.7 Å². The summed E-state index contributed by atoms with van der Waals surface area (Å²) in [4.78, 5) is 35.1. The lowest BCUT2D eigenvalue weighted by Crippen LogP contribution is -2.19. The molecule has 2 rings (SSSR count). The number of ether oxygens (including phenoxy) is 1. The van der Waals surface area contributed by atoms with E-state index in [1.807, 2.05) is 0 Å². The Kier molecular flexibility index (Phi) is 5.09. The second kappa shape index (κ2) is 7.02. The number of allylic oxidation sites excluding steroid dienone is 1. The Morgan fingerprint density at radius 2 is 1.73 bits per heavy atom. The molecule has 0 unspecified atom stereocenters. The SMILES string of the molecule is CC(C)OC(=O)c1ccc(NC=C2C(=O)CCCC2=O)cc1. The van der Waals surface area contributed by atoms with Crippen LogP contribution in [-0.2, 0) is 14.3 Å². The fourth-order valence-corrected chi connectivity index (χ4v) is 2.14. The molecule has 0 spiro atoms. The van der Waals surface area contributed by atoms with Gasteiger partial charge >= 0.3 is 5.97 Å². The van der Waals surface area contributed by atoms with E-state index >= 15 is 0 Å². The van der Waals surface area contributed by atoms with E-state index in [1.54, 1.807) is 38.1 Å². The third-order valence-corrected chi connectivity index (χ3v) is 3.26. The molecule has 1 N–H and O–H groups in total. The van der Waals surface area contributed by atoms with Gasteiger partial charge < -0.3 is 10.1 Å². The number of ketones is 2. The lowest BCUT2D eigenvalue weighted by atomic mass is 9.93. The summed E-state index contributed by atoms with van der Waals surface area (Å²) in [6.07, 6.45) is 2.74. The number of hydrogen-bond donors (Lipinski definition) is 1. The minimum atomic E-state index is -0.377. The first kappa shape index (κ1) is 15.9. The minimum Gasteiger partial charge on any atom is -0.459 e. The Hall–Kier alpha value is -2.43. The number of Topliss-reactive ketones (excluding diaryl/α,β-unsaturated/α-hetero) is 2. The molecule has 1 aliphatic rings. The van der Waals surface area contributed by atoms with Crippen LogP contribution in [0, 0.1) is 0 Å². The average Bonchev–Trinajstić information content (AvgIpc) is 2.46. The molecule has 0 saturated heterocycles. The van der Waals surface area contributed by atoms with Crippen molar-refractivity contribution >= 4 is 23.2 Å². The van der Waals surface area contributed by atoms with Crippen molar-refractivity contribution in [3.63, 3.8) is 0 Å². The predicted molar refractivity (Wildman–Crippen MR) is 82.6 cm³/mol. The summed E-state index contributed by atoms with van der Waals surface area (Å²) in [6, 6.07) is 6.67. The summed E-state index contributed by atoms with van der Waals surface area (Å²) < 4.78 is 5.10. The van der Waals surface area contributed by atoms with Gasteiger partial charge in [0.2, 0.25) is 0 Å². The smallest absolute Gasteiger partial charge is 0.338 e. The standard InChI is InChI=1S/C17H19NO4/c1-11(2)22-17(21)12-6-8-13(9-7-12)18-10-14-15(19)4-3-5-16(14)20/h6-11,18H,3-5H2,1-2H3. The Morgan fingerprint density at radius 1 is 1.14 bits per heavy atom. The normalized spacial score (nSPS) is 15.0. The van der Waals surface area contributed by atoms with Crippen LogP contribution in [0.25, 0.3) is 0 Å². The molecule has 0 bridgehead atoms. The zero-order valence-corrected chi connectivity index (χ0v) is 12.7. The maximum absolute atomic E-state index is 11.7. The fourth-order valence-electron chi connectivity index (χ4n) is 2.14. The molecule has 0 aromatic heterocycles. The quantitative estimate of drug-likeness (QED) is 0.526. The highest BCUT2D eigenvalue weighted by Gasteiger charge is 2.22. The van der Waals surface area contributed by atoms with E-state index in [-0.39, 0.29) is 29.2 Å². The monoisotopic (exact) mass is 301 g/mol. The van der Waals surface area contributed by atoms with Crippen molar-refractivity contribution in [2.24, 2.45) is 0 Å². The Labute approximate surface area is 129 Å². The van der Waals surface area contributed by atoms with Crippen molar-refractivity contribution < 1.29 is 19.1 Å². The average molecular weight is 301 g/mol. The van der Waals surface area contributed by atoms with Crippen molar-refractivity contribution in [3.05, 3.63) is 41.6 Å². The molecular formula is C17H19NO4. The van der Waals surface area contributed by atoms with Crippen LogP contribution < -0.4 is 5.32 Å². The van der Waals surface area contributed by atoms with Gasteiger partial charge in [-0.2, -0.15) is 0 Å².